The van der Waals surface area contributed by atoms with Crippen molar-refractivity contribution in [2.24, 2.45) is 0 Å². The van der Waals surface area contributed by atoms with Gasteiger partial charge in [-0.2, -0.15) is 0 Å². The molecule has 1 aliphatic rings. The molecule has 0 bridgehead atoms. The lowest BCUT2D eigenvalue weighted by atomic mass is 10.1. The van der Waals surface area contributed by atoms with Gasteiger partial charge in [0.15, 0.2) is 0 Å². The third kappa shape index (κ3) is 3.79. The number of rotatable bonds is 4. The molecule has 0 N–H and O–H groups in total. The summed E-state index contributed by atoms with van der Waals surface area (Å²) in [6, 6.07) is 14.2. The number of benzene rings is 1. The minimum absolute atomic E-state index is 0.162. The van der Waals surface area contributed by atoms with Gasteiger partial charge in [0, 0.05) is 24.8 Å². The van der Waals surface area contributed by atoms with E-state index in [1.807, 2.05) is 18.2 Å². The number of ether oxygens (including phenoxy) is 1. The minimum atomic E-state index is -0.932. The summed E-state index contributed by atoms with van der Waals surface area (Å²) in [4.78, 5) is 31.0. The van der Waals surface area contributed by atoms with E-state index in [-0.39, 0.29) is 11.6 Å². The highest BCUT2D eigenvalue weighted by atomic mass is 16.5. The Labute approximate surface area is 141 Å². The van der Waals surface area contributed by atoms with Crippen LogP contribution in [-0.4, -0.2) is 34.8 Å². The SMILES string of the molecule is O=C(O[C@@H](C(=O)N1CCCCC1)c1ccccc1)c1ccccn1. The lowest BCUT2D eigenvalue weighted by Gasteiger charge is -2.30. The molecule has 1 aromatic heterocycles. The standard InChI is InChI=1S/C19H20N2O3/c22-18(21-13-7-2-8-14-21)17(15-9-3-1-4-10-15)24-19(23)16-11-5-6-12-20-16/h1,3-6,9-12,17H,2,7-8,13-14H2/t17-/m1/s1. The number of carbonyl (C=O) groups excluding carboxylic acids is 2. The van der Waals surface area contributed by atoms with Crippen LogP contribution in [0.15, 0.2) is 54.7 Å². The van der Waals surface area contributed by atoms with Gasteiger partial charge >= 0.3 is 5.97 Å². The van der Waals surface area contributed by atoms with Crippen LogP contribution in [0.25, 0.3) is 0 Å². The Morgan fingerprint density at radius 2 is 1.67 bits per heavy atom. The van der Waals surface area contributed by atoms with Crippen molar-refractivity contribution in [1.82, 2.24) is 9.88 Å². The number of carbonyl (C=O) groups is 2. The van der Waals surface area contributed by atoms with Gasteiger partial charge in [0.1, 0.15) is 5.69 Å². The Morgan fingerprint density at radius 3 is 2.33 bits per heavy atom. The summed E-state index contributed by atoms with van der Waals surface area (Å²) in [6.07, 6.45) is 3.70. The number of pyridine rings is 1. The molecule has 5 nitrogen and oxygen atoms in total. The maximum Gasteiger partial charge on any atom is 0.358 e. The molecule has 0 unspecified atom stereocenters. The molecule has 1 fully saturated rings. The second-order valence-electron chi connectivity index (χ2n) is 5.80. The number of hydrogen-bond donors (Lipinski definition) is 0. The zero-order chi connectivity index (χ0) is 16.8. The second kappa shape index (κ2) is 7.73. The van der Waals surface area contributed by atoms with Gasteiger partial charge in [-0.25, -0.2) is 9.78 Å². The molecule has 1 atom stereocenters. The first kappa shape index (κ1) is 16.2. The van der Waals surface area contributed by atoms with E-state index in [1.165, 1.54) is 6.20 Å². The molecule has 0 radical (unpaired) electrons. The van der Waals surface area contributed by atoms with Gasteiger partial charge in [0.05, 0.1) is 0 Å². The third-order valence-electron chi connectivity index (χ3n) is 4.09. The Morgan fingerprint density at radius 1 is 0.958 bits per heavy atom. The number of nitrogens with zero attached hydrogens (tertiary/aromatic N) is 2. The van der Waals surface area contributed by atoms with Crippen molar-refractivity contribution in [2.45, 2.75) is 25.4 Å². The molecular formula is C19H20N2O3. The van der Waals surface area contributed by atoms with Crippen molar-refractivity contribution >= 4 is 11.9 Å². The molecule has 2 heterocycles. The quantitative estimate of drug-likeness (QED) is 0.811. The van der Waals surface area contributed by atoms with Crippen molar-refractivity contribution in [3.63, 3.8) is 0 Å². The van der Waals surface area contributed by atoms with E-state index in [0.717, 1.165) is 19.3 Å². The first-order valence-corrected chi connectivity index (χ1v) is 8.21. The summed E-state index contributed by atoms with van der Waals surface area (Å²) >= 11 is 0. The van der Waals surface area contributed by atoms with Gasteiger partial charge < -0.3 is 9.64 Å². The van der Waals surface area contributed by atoms with Crippen LogP contribution < -0.4 is 0 Å². The van der Waals surface area contributed by atoms with Crippen LogP contribution in [-0.2, 0) is 9.53 Å². The molecule has 1 saturated heterocycles. The molecule has 3 rings (SSSR count). The normalized spacial score (nSPS) is 15.6. The molecule has 0 spiro atoms. The van der Waals surface area contributed by atoms with Crippen LogP contribution in [0, 0.1) is 0 Å². The zero-order valence-corrected chi connectivity index (χ0v) is 13.4. The molecular weight excluding hydrogens is 304 g/mol. The van der Waals surface area contributed by atoms with E-state index >= 15 is 0 Å². The van der Waals surface area contributed by atoms with E-state index < -0.39 is 12.1 Å². The predicted octanol–water partition coefficient (Wildman–Crippen LogP) is 2.99. The highest BCUT2D eigenvalue weighted by molar-refractivity contribution is 5.91. The Kier molecular flexibility index (Phi) is 5.21. The first-order chi connectivity index (χ1) is 11.8. The van der Waals surface area contributed by atoms with Crippen molar-refractivity contribution in [3.05, 3.63) is 66.0 Å². The first-order valence-electron chi connectivity index (χ1n) is 8.21. The number of piperidine rings is 1. The van der Waals surface area contributed by atoms with E-state index in [4.69, 9.17) is 4.74 Å². The molecule has 24 heavy (non-hydrogen) atoms. The smallest absolute Gasteiger partial charge is 0.358 e. The van der Waals surface area contributed by atoms with Gasteiger partial charge in [-0.1, -0.05) is 36.4 Å². The van der Waals surface area contributed by atoms with Gasteiger partial charge in [0.2, 0.25) is 6.10 Å². The number of amides is 1. The number of likely N-dealkylation sites (tertiary alicyclic amines) is 1. The minimum Gasteiger partial charge on any atom is -0.443 e. The van der Waals surface area contributed by atoms with Gasteiger partial charge in [-0.3, -0.25) is 4.79 Å². The average Bonchev–Trinajstić information content (AvgIpc) is 2.67. The van der Waals surface area contributed by atoms with Gasteiger partial charge in [0.25, 0.3) is 5.91 Å². The van der Waals surface area contributed by atoms with E-state index in [1.54, 1.807) is 35.2 Å². The summed E-state index contributed by atoms with van der Waals surface area (Å²) in [5, 5.41) is 0. The fourth-order valence-electron chi connectivity index (χ4n) is 2.82. The molecule has 1 amide bonds. The summed E-state index contributed by atoms with van der Waals surface area (Å²) in [7, 11) is 0. The molecule has 0 saturated carbocycles. The van der Waals surface area contributed by atoms with Crippen LogP contribution in [0.5, 0.6) is 0 Å². The Bertz CT molecular complexity index is 682. The number of aromatic nitrogens is 1. The highest BCUT2D eigenvalue weighted by Gasteiger charge is 2.30. The van der Waals surface area contributed by atoms with Crippen molar-refractivity contribution in [3.8, 4) is 0 Å². The highest BCUT2D eigenvalue weighted by Crippen LogP contribution is 2.23. The molecule has 1 aliphatic heterocycles. The van der Waals surface area contributed by atoms with Crippen molar-refractivity contribution in [2.75, 3.05) is 13.1 Å². The number of hydrogen-bond acceptors (Lipinski definition) is 4. The Hall–Kier alpha value is -2.69. The maximum atomic E-state index is 12.9. The largest absolute Gasteiger partial charge is 0.443 e. The zero-order valence-electron chi connectivity index (χ0n) is 13.4. The molecule has 2 aromatic rings. The lowest BCUT2D eigenvalue weighted by Crippen LogP contribution is -2.40. The van der Waals surface area contributed by atoms with Crippen LogP contribution >= 0.6 is 0 Å². The summed E-state index contributed by atoms with van der Waals surface area (Å²) in [5.74, 6) is -0.750. The molecule has 0 aliphatic carbocycles. The monoisotopic (exact) mass is 324 g/mol. The summed E-state index contributed by atoms with van der Waals surface area (Å²) in [5.41, 5.74) is 0.877. The van der Waals surface area contributed by atoms with Crippen LogP contribution in [0.2, 0.25) is 0 Å². The van der Waals surface area contributed by atoms with Crippen LogP contribution in [0.1, 0.15) is 41.4 Å². The summed E-state index contributed by atoms with van der Waals surface area (Å²) < 4.78 is 5.54. The predicted molar refractivity (Wildman–Crippen MR) is 89.3 cm³/mol. The fourth-order valence-corrected chi connectivity index (χ4v) is 2.82. The molecule has 5 heteroatoms. The van der Waals surface area contributed by atoms with E-state index in [0.29, 0.717) is 18.7 Å². The lowest BCUT2D eigenvalue weighted by molar-refractivity contribution is -0.142. The second-order valence-corrected chi connectivity index (χ2v) is 5.80. The van der Waals surface area contributed by atoms with Crippen LogP contribution in [0.4, 0.5) is 0 Å². The molecule has 1 aromatic carbocycles. The van der Waals surface area contributed by atoms with E-state index in [9.17, 15) is 9.59 Å². The number of esters is 1. The van der Waals surface area contributed by atoms with Crippen LogP contribution in [0.3, 0.4) is 0 Å². The van der Waals surface area contributed by atoms with Gasteiger partial charge in [-0.05, 0) is 31.4 Å². The maximum absolute atomic E-state index is 12.9. The van der Waals surface area contributed by atoms with Crippen molar-refractivity contribution < 1.29 is 14.3 Å². The topological polar surface area (TPSA) is 59.5 Å². The Balaban J connectivity index is 1.82. The fraction of sp³-hybridized carbons (Fsp3) is 0.316. The summed E-state index contributed by atoms with van der Waals surface area (Å²) in [6.45, 7) is 1.42. The van der Waals surface area contributed by atoms with Gasteiger partial charge in [-0.15, -0.1) is 0 Å². The van der Waals surface area contributed by atoms with Crippen molar-refractivity contribution in [1.29, 1.82) is 0 Å². The average molecular weight is 324 g/mol. The van der Waals surface area contributed by atoms with E-state index in [2.05, 4.69) is 4.98 Å². The third-order valence-corrected chi connectivity index (χ3v) is 4.09. The molecule has 124 valence electrons.